The van der Waals surface area contributed by atoms with Crippen LogP contribution in [0.1, 0.15) is 19.8 Å². The molecule has 2 heterocycles. The molecule has 2 aromatic rings. The number of hydrogen-bond donors (Lipinski definition) is 0. The zero-order valence-corrected chi connectivity index (χ0v) is 15.4. The Bertz CT molecular complexity index is 667. The molecule has 4 nitrogen and oxygen atoms in total. The molecule has 1 atom stereocenters. The Morgan fingerprint density at radius 3 is 3.13 bits per heavy atom. The summed E-state index contributed by atoms with van der Waals surface area (Å²) in [5.41, 5.74) is 0.492. The summed E-state index contributed by atoms with van der Waals surface area (Å²) in [6, 6.07) is 4.87. The molecule has 1 unspecified atom stereocenters. The minimum Gasteiger partial charge on any atom is -0.381 e. The molecule has 1 aliphatic rings. The van der Waals surface area contributed by atoms with Crippen LogP contribution in [0, 0.1) is 11.7 Å². The van der Waals surface area contributed by atoms with E-state index >= 15 is 0 Å². The predicted molar refractivity (Wildman–Crippen MR) is 94.4 cm³/mol. The van der Waals surface area contributed by atoms with Gasteiger partial charge in [0.1, 0.15) is 5.82 Å². The van der Waals surface area contributed by atoms with Crippen molar-refractivity contribution in [3.63, 3.8) is 0 Å². The lowest BCUT2D eigenvalue weighted by Crippen LogP contribution is -2.37. The van der Waals surface area contributed by atoms with E-state index in [4.69, 9.17) is 4.74 Å². The van der Waals surface area contributed by atoms with Gasteiger partial charge in [-0.15, -0.1) is 10.2 Å². The van der Waals surface area contributed by atoms with E-state index in [0.29, 0.717) is 16.5 Å². The number of hydrogen-bond acceptors (Lipinski definition) is 5. The summed E-state index contributed by atoms with van der Waals surface area (Å²) in [6.45, 7) is 5.46. The lowest BCUT2D eigenvalue weighted by Gasteiger charge is -2.31. The fourth-order valence-corrected chi connectivity index (χ4v) is 4.03. The van der Waals surface area contributed by atoms with Gasteiger partial charge in [-0.1, -0.05) is 27.3 Å². The van der Waals surface area contributed by atoms with Gasteiger partial charge in [0.05, 0.1) is 6.61 Å². The third-order valence-electron chi connectivity index (χ3n) is 3.92. The molecule has 0 amide bonds. The molecule has 1 aromatic carbocycles. The van der Waals surface area contributed by atoms with Crippen molar-refractivity contribution in [2.75, 3.05) is 31.2 Å². The van der Waals surface area contributed by atoms with E-state index in [9.17, 15) is 4.39 Å². The van der Waals surface area contributed by atoms with Crippen LogP contribution in [0.2, 0.25) is 0 Å². The van der Waals surface area contributed by atoms with Crippen LogP contribution in [0.25, 0.3) is 10.6 Å². The molecule has 3 rings (SSSR count). The highest BCUT2D eigenvalue weighted by Crippen LogP contribution is 2.33. The molecule has 0 radical (unpaired) electrons. The summed E-state index contributed by atoms with van der Waals surface area (Å²) in [5, 5.41) is 9.94. The first-order chi connectivity index (χ1) is 11.2. The van der Waals surface area contributed by atoms with Gasteiger partial charge >= 0.3 is 0 Å². The predicted octanol–water partition coefficient (Wildman–Crippen LogP) is 4.36. The number of nitrogens with zero attached hydrogens (tertiary/aromatic N) is 3. The molecule has 1 fully saturated rings. The average Bonchev–Trinajstić information content (AvgIpc) is 3.05. The van der Waals surface area contributed by atoms with E-state index in [1.807, 2.05) is 6.92 Å². The lowest BCUT2D eigenvalue weighted by atomic mass is 9.99. The Kier molecular flexibility index (Phi) is 5.61. The molecule has 0 saturated carbocycles. The van der Waals surface area contributed by atoms with Crippen molar-refractivity contribution in [1.29, 1.82) is 0 Å². The minimum absolute atomic E-state index is 0.274. The molecule has 0 aliphatic carbocycles. The van der Waals surface area contributed by atoms with Gasteiger partial charge in [-0.25, -0.2) is 4.39 Å². The largest absolute Gasteiger partial charge is 0.381 e. The Morgan fingerprint density at radius 2 is 2.30 bits per heavy atom. The van der Waals surface area contributed by atoms with Crippen molar-refractivity contribution in [2.45, 2.75) is 19.8 Å². The van der Waals surface area contributed by atoms with E-state index < -0.39 is 0 Å². The quantitative estimate of drug-likeness (QED) is 0.748. The second-order valence-electron chi connectivity index (χ2n) is 5.63. The van der Waals surface area contributed by atoms with Crippen molar-refractivity contribution < 1.29 is 9.13 Å². The molecular weight excluding hydrogens is 381 g/mol. The number of piperidine rings is 1. The normalized spacial score (nSPS) is 18.4. The first kappa shape index (κ1) is 16.8. The van der Waals surface area contributed by atoms with E-state index in [1.165, 1.54) is 23.8 Å². The van der Waals surface area contributed by atoms with Gasteiger partial charge < -0.3 is 9.64 Å². The summed E-state index contributed by atoms with van der Waals surface area (Å²) in [5.74, 6) is 0.252. The summed E-state index contributed by atoms with van der Waals surface area (Å²) in [6.07, 6.45) is 2.31. The molecule has 1 aromatic heterocycles. The van der Waals surface area contributed by atoms with Crippen LogP contribution in [0.3, 0.4) is 0 Å². The number of anilines is 1. The van der Waals surface area contributed by atoms with E-state index in [2.05, 4.69) is 31.0 Å². The third kappa shape index (κ3) is 4.08. The maximum atomic E-state index is 14.0. The molecule has 0 bridgehead atoms. The minimum atomic E-state index is -0.274. The van der Waals surface area contributed by atoms with Gasteiger partial charge in [0, 0.05) is 29.7 Å². The maximum absolute atomic E-state index is 14.0. The molecule has 0 spiro atoms. The first-order valence-electron chi connectivity index (χ1n) is 7.79. The zero-order valence-electron chi connectivity index (χ0n) is 13.0. The summed E-state index contributed by atoms with van der Waals surface area (Å²) < 4.78 is 20.4. The molecule has 1 aliphatic heterocycles. The van der Waals surface area contributed by atoms with Gasteiger partial charge in [-0.2, -0.15) is 0 Å². The van der Waals surface area contributed by atoms with Crippen LogP contribution in [0.4, 0.5) is 9.52 Å². The molecule has 1 saturated heterocycles. The van der Waals surface area contributed by atoms with Gasteiger partial charge in [-0.3, -0.25) is 0 Å². The van der Waals surface area contributed by atoms with Crippen LogP contribution < -0.4 is 4.90 Å². The van der Waals surface area contributed by atoms with E-state index in [1.54, 1.807) is 12.1 Å². The van der Waals surface area contributed by atoms with E-state index in [-0.39, 0.29) is 5.82 Å². The van der Waals surface area contributed by atoms with Crippen LogP contribution in [-0.4, -0.2) is 36.5 Å². The maximum Gasteiger partial charge on any atom is 0.208 e. The second kappa shape index (κ2) is 7.68. The topological polar surface area (TPSA) is 38.2 Å². The van der Waals surface area contributed by atoms with E-state index in [0.717, 1.165) is 42.3 Å². The number of ether oxygens (including phenoxy) is 1. The highest BCUT2D eigenvalue weighted by atomic mass is 79.9. The van der Waals surface area contributed by atoms with Crippen LogP contribution >= 0.6 is 27.3 Å². The van der Waals surface area contributed by atoms with Crippen molar-refractivity contribution >= 4 is 32.4 Å². The molecule has 23 heavy (non-hydrogen) atoms. The van der Waals surface area contributed by atoms with Gasteiger partial charge in [0.2, 0.25) is 5.13 Å². The Labute approximate surface area is 147 Å². The average molecular weight is 400 g/mol. The number of benzene rings is 1. The Morgan fingerprint density at radius 1 is 1.43 bits per heavy atom. The molecule has 124 valence electrons. The highest BCUT2D eigenvalue weighted by Gasteiger charge is 2.23. The fraction of sp³-hybridized carbons (Fsp3) is 0.500. The van der Waals surface area contributed by atoms with Gasteiger partial charge in [0.25, 0.3) is 0 Å². The van der Waals surface area contributed by atoms with Crippen LogP contribution in [0.15, 0.2) is 22.7 Å². The van der Waals surface area contributed by atoms with Gasteiger partial charge in [0.15, 0.2) is 5.01 Å². The standard InChI is InChI=1S/C16H19BrFN3OS/c1-2-22-10-11-4-3-7-21(9-11)16-20-19-15(23-16)13-8-12(17)5-6-14(13)18/h5-6,8,11H,2-4,7,9-10H2,1H3. The summed E-state index contributed by atoms with van der Waals surface area (Å²) in [7, 11) is 0. The number of rotatable bonds is 5. The molecule has 7 heteroatoms. The number of aromatic nitrogens is 2. The fourth-order valence-electron chi connectivity index (χ4n) is 2.77. The smallest absolute Gasteiger partial charge is 0.208 e. The van der Waals surface area contributed by atoms with Crippen LogP contribution in [0.5, 0.6) is 0 Å². The zero-order chi connectivity index (χ0) is 16.2. The monoisotopic (exact) mass is 399 g/mol. The van der Waals surface area contributed by atoms with Crippen LogP contribution in [-0.2, 0) is 4.74 Å². The Hall–Kier alpha value is -1.05. The Balaban J connectivity index is 1.75. The SMILES string of the molecule is CCOCC1CCCN(c2nnc(-c3cc(Br)ccc3F)s2)C1. The summed E-state index contributed by atoms with van der Waals surface area (Å²) >= 11 is 4.82. The lowest BCUT2D eigenvalue weighted by molar-refractivity contribution is 0.104. The number of halogens is 2. The van der Waals surface area contributed by atoms with Crippen molar-refractivity contribution in [2.24, 2.45) is 5.92 Å². The molecule has 0 N–H and O–H groups in total. The van der Waals surface area contributed by atoms with Crippen molar-refractivity contribution in [1.82, 2.24) is 10.2 Å². The first-order valence-corrected chi connectivity index (χ1v) is 9.40. The van der Waals surface area contributed by atoms with Crippen molar-refractivity contribution in [3.8, 4) is 10.6 Å². The van der Waals surface area contributed by atoms with Crippen molar-refractivity contribution in [3.05, 3.63) is 28.5 Å². The third-order valence-corrected chi connectivity index (χ3v) is 5.43. The summed E-state index contributed by atoms with van der Waals surface area (Å²) in [4.78, 5) is 2.24. The molecular formula is C16H19BrFN3OS. The second-order valence-corrected chi connectivity index (χ2v) is 7.50. The van der Waals surface area contributed by atoms with Gasteiger partial charge in [-0.05, 0) is 43.9 Å². The highest BCUT2D eigenvalue weighted by molar-refractivity contribution is 9.10.